The summed E-state index contributed by atoms with van der Waals surface area (Å²) in [6, 6.07) is 2.81. The molecule has 1 aliphatic carbocycles. The molecule has 0 spiro atoms. The summed E-state index contributed by atoms with van der Waals surface area (Å²) in [6.07, 6.45) is -9.13. The van der Waals surface area contributed by atoms with Crippen molar-refractivity contribution >= 4 is 5.78 Å². The van der Waals surface area contributed by atoms with Gasteiger partial charge in [-0.3, -0.25) is 4.79 Å². The highest BCUT2D eigenvalue weighted by Crippen LogP contribution is 2.54. The fourth-order valence-corrected chi connectivity index (χ4v) is 3.69. The lowest BCUT2D eigenvalue weighted by Gasteiger charge is -2.47. The summed E-state index contributed by atoms with van der Waals surface area (Å²) in [7, 11) is 0. The summed E-state index contributed by atoms with van der Waals surface area (Å²) < 4.78 is 90.3. The van der Waals surface area contributed by atoms with Crippen LogP contribution in [0.4, 0.5) is 0 Å². The zero-order valence-electron chi connectivity index (χ0n) is 26.7. The predicted molar refractivity (Wildman–Crippen MR) is 110 cm³/mol. The molecule has 0 amide bonds. The van der Waals surface area contributed by atoms with E-state index in [1.165, 1.54) is 32.9 Å². The van der Waals surface area contributed by atoms with Crippen molar-refractivity contribution in [3.05, 3.63) is 23.3 Å². The van der Waals surface area contributed by atoms with Crippen LogP contribution in [0.1, 0.15) is 117 Å². The van der Waals surface area contributed by atoms with Gasteiger partial charge in [0.1, 0.15) is 22.9 Å². The van der Waals surface area contributed by atoms with E-state index in [1.54, 1.807) is 0 Å². The molecule has 0 unspecified atom stereocenters. The first-order valence-corrected chi connectivity index (χ1v) is 9.45. The molecular formula is C24H36O3. The molecule has 1 aromatic rings. The van der Waals surface area contributed by atoms with E-state index in [4.69, 9.17) is 15.7 Å². The standard InChI is InChI=1S/C24H36O3/c1-6-7-8-9-12-23(2,3)16-13-20(26)22-18-15-17(25)10-11-19(18)24(4,5)27-21(22)14-16/h13-14,18-19,26H,6-12,15H2,1-5H3/t18-,19-/m1/s1/i6D2,10D2,11D2,15D2,18D,19D. The minimum Gasteiger partial charge on any atom is -0.508 e. The zero-order chi connectivity index (χ0) is 28.8. The van der Waals surface area contributed by atoms with Gasteiger partial charge in [0.15, 0.2) is 0 Å². The van der Waals surface area contributed by atoms with Gasteiger partial charge in [-0.05, 0) is 49.8 Å². The molecule has 2 aliphatic rings. The monoisotopic (exact) mass is 382 g/mol. The molecule has 0 bridgehead atoms. The number of ether oxygens (including phenoxy) is 1. The number of carbonyl (C=O) groups excluding carboxylic acids is 1. The minimum atomic E-state index is -3.44. The highest BCUT2D eigenvalue weighted by molar-refractivity contribution is 5.81. The Balaban J connectivity index is 2.20. The van der Waals surface area contributed by atoms with Crippen molar-refractivity contribution in [3.8, 4) is 11.5 Å². The number of Topliss-reactive ketones (excluding diaryl/α,β-unsaturated/α-hetero) is 1. The first-order valence-electron chi connectivity index (χ1n) is 14.4. The van der Waals surface area contributed by atoms with Crippen molar-refractivity contribution in [2.24, 2.45) is 5.89 Å². The maximum Gasteiger partial charge on any atom is 0.133 e. The fourth-order valence-electron chi connectivity index (χ4n) is 3.69. The fraction of sp³-hybridized carbons (Fsp3) is 0.708. The van der Waals surface area contributed by atoms with Crippen molar-refractivity contribution in [2.45, 2.75) is 103 Å². The third kappa shape index (κ3) is 4.02. The molecule has 150 valence electrons. The molecule has 3 nitrogen and oxygen atoms in total. The van der Waals surface area contributed by atoms with E-state index in [2.05, 4.69) is 0 Å². The Morgan fingerprint density at radius 2 is 2.11 bits per heavy atom. The largest absolute Gasteiger partial charge is 0.508 e. The lowest BCUT2D eigenvalue weighted by molar-refractivity contribution is -0.124. The lowest BCUT2D eigenvalue weighted by Crippen LogP contribution is -2.47. The van der Waals surface area contributed by atoms with Gasteiger partial charge in [0.25, 0.3) is 0 Å². The van der Waals surface area contributed by atoms with Gasteiger partial charge >= 0.3 is 0 Å². The van der Waals surface area contributed by atoms with E-state index < -0.39 is 65.4 Å². The van der Waals surface area contributed by atoms with Gasteiger partial charge in [0.05, 0.1) is 0 Å². The quantitative estimate of drug-likeness (QED) is 0.590. The van der Waals surface area contributed by atoms with Crippen molar-refractivity contribution in [3.63, 3.8) is 0 Å². The van der Waals surface area contributed by atoms with E-state index in [9.17, 15) is 12.6 Å². The molecule has 0 aromatic heterocycles. The predicted octanol–water partition coefficient (Wildman–Crippen LogP) is 6.26. The van der Waals surface area contributed by atoms with Crippen LogP contribution in [0, 0.1) is 5.89 Å². The molecule has 0 saturated heterocycles. The second kappa shape index (κ2) is 7.48. The molecule has 1 aliphatic heterocycles. The number of hydrogen-bond donors (Lipinski definition) is 1. The number of aromatic hydroxyl groups is 1. The Hall–Kier alpha value is -1.51. The second-order valence-electron chi connectivity index (χ2n) is 8.38. The normalized spacial score (nSPS) is 41.1. The van der Waals surface area contributed by atoms with Gasteiger partial charge in [-0.25, -0.2) is 0 Å². The smallest absolute Gasteiger partial charge is 0.133 e. The minimum absolute atomic E-state index is 0.161. The third-order valence-corrected chi connectivity index (χ3v) is 5.35. The molecule has 2 atom stereocenters. The molecule has 0 radical (unpaired) electrons. The van der Waals surface area contributed by atoms with Crippen LogP contribution in [0.25, 0.3) is 0 Å². The number of benzene rings is 1. The summed E-state index contributed by atoms with van der Waals surface area (Å²) in [6.45, 7) is 7.86. The number of hydrogen-bond acceptors (Lipinski definition) is 3. The van der Waals surface area contributed by atoms with Crippen molar-refractivity contribution in [1.82, 2.24) is 0 Å². The molecule has 1 fully saturated rings. The SMILES string of the molecule is [2H]C([2H])(C)CCCCC(C)(C)c1cc(O)c2c(c1)OC(C)(C)[C@]1([2H])C([2H])([2H])C([2H])([2H])C(=O)C([2H])([2H])[C@@]21[2H]. The Bertz CT molecular complexity index is 1110. The zero-order valence-corrected chi connectivity index (χ0v) is 16.7. The number of phenolic OH excluding ortho intramolecular Hbond substituents is 1. The molecule has 1 saturated carbocycles. The first-order chi connectivity index (χ1) is 16.3. The van der Waals surface area contributed by atoms with E-state index in [0.29, 0.717) is 31.2 Å². The maximum absolute atomic E-state index is 13.0. The van der Waals surface area contributed by atoms with Crippen LogP contribution < -0.4 is 4.74 Å². The Labute approximate surface area is 178 Å². The molecule has 27 heavy (non-hydrogen) atoms. The lowest BCUT2D eigenvalue weighted by atomic mass is 9.66. The average molecular weight is 383 g/mol. The maximum atomic E-state index is 13.0. The Morgan fingerprint density at radius 3 is 2.81 bits per heavy atom. The van der Waals surface area contributed by atoms with Gasteiger partial charge < -0.3 is 9.84 Å². The van der Waals surface area contributed by atoms with Crippen LogP contribution in [0.5, 0.6) is 11.5 Å². The molecule has 3 rings (SSSR count). The highest BCUT2D eigenvalue weighted by atomic mass is 16.5. The van der Waals surface area contributed by atoms with Crippen molar-refractivity contribution in [2.75, 3.05) is 0 Å². The van der Waals surface area contributed by atoms with E-state index in [0.717, 1.165) is 0 Å². The molecule has 1 aromatic carbocycles. The Kier molecular flexibility index (Phi) is 3.02. The van der Waals surface area contributed by atoms with Crippen LogP contribution in [0.2, 0.25) is 0 Å². The number of rotatable bonds is 6. The summed E-state index contributed by atoms with van der Waals surface area (Å²) in [5, 5.41) is 11.2. The van der Waals surface area contributed by atoms with E-state index >= 15 is 0 Å². The molecule has 1 heterocycles. The topological polar surface area (TPSA) is 46.5 Å². The number of phenols is 1. The molecule has 3 heteroatoms. The van der Waals surface area contributed by atoms with Crippen molar-refractivity contribution < 1.29 is 28.3 Å². The molecular weight excluding hydrogens is 336 g/mol. The number of unbranched alkanes of at least 4 members (excludes halogenated alkanes) is 1. The van der Waals surface area contributed by atoms with Crippen molar-refractivity contribution in [1.29, 1.82) is 0 Å². The number of fused-ring (bicyclic) bond motifs is 3. The number of carbonyl (C=O) groups is 1. The average Bonchev–Trinajstić information content (AvgIpc) is 2.71. The van der Waals surface area contributed by atoms with Crippen LogP contribution in [-0.2, 0) is 10.2 Å². The highest BCUT2D eigenvalue weighted by Gasteiger charge is 2.47. The third-order valence-electron chi connectivity index (χ3n) is 5.35. The van der Waals surface area contributed by atoms with Crippen LogP contribution in [0.15, 0.2) is 12.1 Å². The van der Waals surface area contributed by atoms with Gasteiger partial charge in [0, 0.05) is 43.8 Å². The van der Waals surface area contributed by atoms with Gasteiger partial charge in [-0.2, -0.15) is 0 Å². The van der Waals surface area contributed by atoms with Crippen LogP contribution >= 0.6 is 0 Å². The van der Waals surface area contributed by atoms with Crippen LogP contribution in [0.3, 0.4) is 0 Å². The van der Waals surface area contributed by atoms with E-state index in [-0.39, 0.29) is 5.75 Å². The van der Waals surface area contributed by atoms with Gasteiger partial charge in [-0.15, -0.1) is 0 Å². The second-order valence-corrected chi connectivity index (χ2v) is 8.38. The summed E-state index contributed by atoms with van der Waals surface area (Å²) >= 11 is 0. The summed E-state index contributed by atoms with van der Waals surface area (Å²) in [4.78, 5) is 13.0. The molecule has 1 N–H and O–H groups in total. The van der Waals surface area contributed by atoms with Crippen LogP contribution in [-0.4, -0.2) is 16.5 Å². The summed E-state index contributed by atoms with van der Waals surface area (Å²) in [5.41, 5.74) is -2.53. The number of ketones is 1. The van der Waals surface area contributed by atoms with E-state index in [1.807, 2.05) is 13.8 Å². The van der Waals surface area contributed by atoms with Gasteiger partial charge in [0.2, 0.25) is 0 Å². The summed E-state index contributed by atoms with van der Waals surface area (Å²) in [5.74, 6) is -8.64. The van der Waals surface area contributed by atoms with Gasteiger partial charge in [-0.1, -0.05) is 46.4 Å². The first kappa shape index (κ1) is 10.9. The Morgan fingerprint density at radius 1 is 1.37 bits per heavy atom.